The highest BCUT2D eigenvalue weighted by atomic mass is 16.5. The Kier molecular flexibility index (Phi) is 9.22. The first-order valence-corrected chi connectivity index (χ1v) is 10.2. The van der Waals surface area contributed by atoms with Gasteiger partial charge in [-0.15, -0.1) is 0 Å². The molecule has 0 spiro atoms. The molecule has 2 atom stereocenters. The second kappa shape index (κ2) is 11.9. The maximum atomic E-state index is 12.9. The van der Waals surface area contributed by atoms with Crippen molar-refractivity contribution in [2.24, 2.45) is 11.7 Å². The SMILES string of the molecule is CCOC(=O)CCC(CN)C(C(=O)CCC(=O)O)c1ccc(-c2ccccc2)cc1. The van der Waals surface area contributed by atoms with Gasteiger partial charge in [0.1, 0.15) is 5.78 Å². The summed E-state index contributed by atoms with van der Waals surface area (Å²) in [5, 5.41) is 8.97. The topological polar surface area (TPSA) is 107 Å². The summed E-state index contributed by atoms with van der Waals surface area (Å²) in [5.41, 5.74) is 8.83. The summed E-state index contributed by atoms with van der Waals surface area (Å²) in [4.78, 5) is 35.7. The summed E-state index contributed by atoms with van der Waals surface area (Å²) in [6.45, 7) is 2.25. The lowest BCUT2D eigenvalue weighted by Gasteiger charge is -2.25. The summed E-state index contributed by atoms with van der Waals surface area (Å²) in [6.07, 6.45) is 0.267. The van der Waals surface area contributed by atoms with E-state index in [9.17, 15) is 14.4 Å². The number of carbonyl (C=O) groups is 3. The van der Waals surface area contributed by atoms with Crippen LogP contribution in [0.3, 0.4) is 0 Å². The molecule has 0 bridgehead atoms. The van der Waals surface area contributed by atoms with E-state index in [0.717, 1.165) is 16.7 Å². The van der Waals surface area contributed by atoms with Crippen LogP contribution in [0.15, 0.2) is 54.6 Å². The average molecular weight is 411 g/mol. The van der Waals surface area contributed by atoms with Gasteiger partial charge in [0.2, 0.25) is 0 Å². The van der Waals surface area contributed by atoms with Crippen molar-refractivity contribution in [3.8, 4) is 11.1 Å². The molecule has 0 saturated carbocycles. The maximum absolute atomic E-state index is 12.9. The second-order valence-electron chi connectivity index (χ2n) is 7.17. The van der Waals surface area contributed by atoms with E-state index in [1.165, 1.54) is 0 Å². The number of aliphatic carboxylic acids is 1. The number of benzene rings is 2. The van der Waals surface area contributed by atoms with Crippen molar-refractivity contribution in [3.05, 3.63) is 60.2 Å². The van der Waals surface area contributed by atoms with Crippen molar-refractivity contribution in [3.63, 3.8) is 0 Å². The lowest BCUT2D eigenvalue weighted by atomic mass is 9.78. The smallest absolute Gasteiger partial charge is 0.305 e. The number of hydrogen-bond donors (Lipinski definition) is 2. The molecule has 0 aliphatic heterocycles. The van der Waals surface area contributed by atoms with E-state index in [1.807, 2.05) is 54.6 Å². The maximum Gasteiger partial charge on any atom is 0.305 e. The van der Waals surface area contributed by atoms with E-state index in [2.05, 4.69) is 0 Å². The number of Topliss-reactive ketones (excluding diaryl/α,β-unsaturated/α-hetero) is 1. The Morgan fingerprint density at radius 1 is 0.933 bits per heavy atom. The Morgan fingerprint density at radius 3 is 2.13 bits per heavy atom. The van der Waals surface area contributed by atoms with E-state index in [-0.39, 0.29) is 43.5 Å². The first kappa shape index (κ1) is 23.3. The van der Waals surface area contributed by atoms with Gasteiger partial charge in [-0.25, -0.2) is 0 Å². The number of carbonyl (C=O) groups excluding carboxylic acids is 2. The minimum Gasteiger partial charge on any atom is -0.481 e. The summed E-state index contributed by atoms with van der Waals surface area (Å²) < 4.78 is 4.98. The van der Waals surface area contributed by atoms with Gasteiger partial charge in [0.15, 0.2) is 0 Å². The summed E-state index contributed by atoms with van der Waals surface area (Å²) in [6, 6.07) is 17.5. The van der Waals surface area contributed by atoms with Crippen LogP contribution in [0.5, 0.6) is 0 Å². The standard InChI is InChI=1S/C24H29NO5/c1-2-30-23(29)15-12-20(16-25)24(21(26)13-14-22(27)28)19-10-8-18(9-11-19)17-6-4-3-5-7-17/h3-11,20,24H,2,12-16,25H2,1H3,(H,27,28). The number of ketones is 1. The molecule has 2 rings (SSSR count). The van der Waals surface area contributed by atoms with Crippen LogP contribution in [0, 0.1) is 5.92 Å². The fourth-order valence-corrected chi connectivity index (χ4v) is 3.58. The Balaban J connectivity index is 2.26. The summed E-state index contributed by atoms with van der Waals surface area (Å²) in [7, 11) is 0. The van der Waals surface area contributed by atoms with Crippen molar-refractivity contribution in [2.75, 3.05) is 13.2 Å². The Hall–Kier alpha value is -2.99. The molecular weight excluding hydrogens is 382 g/mol. The Bertz CT molecular complexity index is 832. The van der Waals surface area contributed by atoms with Gasteiger partial charge in [0.25, 0.3) is 0 Å². The van der Waals surface area contributed by atoms with Crippen molar-refractivity contribution in [2.45, 2.75) is 38.5 Å². The summed E-state index contributed by atoms with van der Waals surface area (Å²) in [5.74, 6) is -2.36. The molecule has 2 unspecified atom stereocenters. The second-order valence-corrected chi connectivity index (χ2v) is 7.17. The zero-order chi connectivity index (χ0) is 21.9. The van der Waals surface area contributed by atoms with Gasteiger partial charge in [0.05, 0.1) is 13.0 Å². The van der Waals surface area contributed by atoms with E-state index >= 15 is 0 Å². The normalized spacial score (nSPS) is 12.7. The molecule has 2 aromatic rings. The number of carboxylic acid groups (broad SMARTS) is 1. The molecule has 0 fully saturated rings. The average Bonchev–Trinajstić information content (AvgIpc) is 2.76. The Morgan fingerprint density at radius 2 is 1.57 bits per heavy atom. The number of carboxylic acids is 1. The van der Waals surface area contributed by atoms with Crippen LogP contribution in [0.2, 0.25) is 0 Å². The van der Waals surface area contributed by atoms with Crippen LogP contribution < -0.4 is 5.73 Å². The Labute approximate surface area is 177 Å². The number of ether oxygens (including phenoxy) is 1. The van der Waals surface area contributed by atoms with E-state index in [0.29, 0.717) is 13.0 Å². The van der Waals surface area contributed by atoms with Crippen molar-refractivity contribution in [1.82, 2.24) is 0 Å². The van der Waals surface area contributed by atoms with Gasteiger partial charge >= 0.3 is 11.9 Å². The van der Waals surface area contributed by atoms with Gasteiger partial charge in [-0.2, -0.15) is 0 Å². The monoisotopic (exact) mass is 411 g/mol. The van der Waals surface area contributed by atoms with Crippen LogP contribution in [-0.2, 0) is 19.1 Å². The van der Waals surface area contributed by atoms with Crippen molar-refractivity contribution < 1.29 is 24.2 Å². The fraction of sp³-hybridized carbons (Fsp3) is 0.375. The van der Waals surface area contributed by atoms with Crippen LogP contribution in [0.25, 0.3) is 11.1 Å². The molecule has 2 aromatic carbocycles. The van der Waals surface area contributed by atoms with E-state index in [1.54, 1.807) is 6.92 Å². The predicted molar refractivity (Wildman–Crippen MR) is 115 cm³/mol. The summed E-state index contributed by atoms with van der Waals surface area (Å²) >= 11 is 0. The highest BCUT2D eigenvalue weighted by molar-refractivity contribution is 5.88. The van der Waals surface area contributed by atoms with Gasteiger partial charge in [-0.3, -0.25) is 14.4 Å². The van der Waals surface area contributed by atoms with Crippen LogP contribution >= 0.6 is 0 Å². The first-order valence-electron chi connectivity index (χ1n) is 10.2. The molecule has 3 N–H and O–H groups in total. The van der Waals surface area contributed by atoms with Crippen molar-refractivity contribution >= 4 is 17.7 Å². The third-order valence-electron chi connectivity index (χ3n) is 5.11. The number of hydrogen-bond acceptors (Lipinski definition) is 5. The molecule has 0 aromatic heterocycles. The molecule has 0 saturated heterocycles. The van der Waals surface area contributed by atoms with Gasteiger partial charge in [-0.1, -0.05) is 54.6 Å². The number of nitrogens with two attached hydrogens (primary N) is 1. The molecule has 6 heteroatoms. The third-order valence-corrected chi connectivity index (χ3v) is 5.11. The number of esters is 1. The molecule has 0 aliphatic rings. The zero-order valence-corrected chi connectivity index (χ0v) is 17.3. The quantitative estimate of drug-likeness (QED) is 0.515. The molecule has 0 heterocycles. The van der Waals surface area contributed by atoms with Crippen molar-refractivity contribution in [1.29, 1.82) is 0 Å². The van der Waals surface area contributed by atoms with Gasteiger partial charge < -0.3 is 15.6 Å². The molecule has 160 valence electrons. The number of rotatable bonds is 12. The zero-order valence-electron chi connectivity index (χ0n) is 17.3. The highest BCUT2D eigenvalue weighted by Gasteiger charge is 2.29. The third kappa shape index (κ3) is 6.81. The van der Waals surface area contributed by atoms with Crippen LogP contribution in [-0.4, -0.2) is 36.0 Å². The molecular formula is C24H29NO5. The lowest BCUT2D eigenvalue weighted by molar-refractivity contribution is -0.143. The molecule has 0 radical (unpaired) electrons. The first-order chi connectivity index (χ1) is 14.5. The van der Waals surface area contributed by atoms with Gasteiger partial charge in [0, 0.05) is 18.8 Å². The molecule has 0 amide bonds. The van der Waals surface area contributed by atoms with E-state index in [4.69, 9.17) is 15.6 Å². The van der Waals surface area contributed by atoms with Gasteiger partial charge in [-0.05, 0) is 42.5 Å². The molecule has 30 heavy (non-hydrogen) atoms. The van der Waals surface area contributed by atoms with Crippen LogP contribution in [0.1, 0.15) is 44.1 Å². The highest BCUT2D eigenvalue weighted by Crippen LogP contribution is 2.32. The lowest BCUT2D eigenvalue weighted by Crippen LogP contribution is -2.29. The largest absolute Gasteiger partial charge is 0.481 e. The predicted octanol–water partition coefficient (Wildman–Crippen LogP) is 3.79. The minimum absolute atomic E-state index is 0.0731. The fourth-order valence-electron chi connectivity index (χ4n) is 3.58. The molecule has 0 aliphatic carbocycles. The molecule has 6 nitrogen and oxygen atoms in total. The van der Waals surface area contributed by atoms with Crippen LogP contribution in [0.4, 0.5) is 0 Å². The minimum atomic E-state index is -1.02. The van der Waals surface area contributed by atoms with E-state index < -0.39 is 11.9 Å².